The molecule has 0 spiro atoms. The van der Waals surface area contributed by atoms with Gasteiger partial charge in [0, 0.05) is 16.1 Å². The second kappa shape index (κ2) is 7.05. The number of rotatable bonds is 4. The zero-order chi connectivity index (χ0) is 18.2. The smallest absolute Gasteiger partial charge is 0.339 e. The lowest BCUT2D eigenvalue weighted by molar-refractivity contribution is 0.486. The largest absolute Gasteiger partial charge is 0.375 e. The molecule has 130 valence electrons. The van der Waals surface area contributed by atoms with Gasteiger partial charge in [-0.1, -0.05) is 48.0 Å². The van der Waals surface area contributed by atoms with Crippen LogP contribution in [-0.4, -0.2) is 13.4 Å². The fourth-order valence-corrected chi connectivity index (χ4v) is 4.82. The summed E-state index contributed by atoms with van der Waals surface area (Å²) in [5.74, 6) is 0.498. The van der Waals surface area contributed by atoms with Crippen LogP contribution in [-0.2, 0) is 10.1 Å². The molecule has 7 heteroatoms. The van der Waals surface area contributed by atoms with Crippen molar-refractivity contribution in [3.8, 4) is 5.75 Å². The van der Waals surface area contributed by atoms with E-state index in [2.05, 4.69) is 50.7 Å². The SMILES string of the molecule is CC(C)c1ccc(S(=O)(=O)Oc2c(Br)cc(Br)c3cccnc23)cc1. The van der Waals surface area contributed by atoms with Crippen molar-refractivity contribution in [2.45, 2.75) is 24.7 Å². The summed E-state index contributed by atoms with van der Waals surface area (Å²) < 4.78 is 32.1. The molecule has 0 saturated carbocycles. The van der Waals surface area contributed by atoms with Gasteiger partial charge < -0.3 is 4.18 Å². The monoisotopic (exact) mass is 483 g/mol. The van der Waals surface area contributed by atoms with E-state index in [0.29, 0.717) is 15.9 Å². The highest BCUT2D eigenvalue weighted by Gasteiger charge is 2.21. The number of hydrogen-bond acceptors (Lipinski definition) is 4. The number of fused-ring (bicyclic) bond motifs is 1. The van der Waals surface area contributed by atoms with E-state index in [-0.39, 0.29) is 10.6 Å². The summed E-state index contributed by atoms with van der Waals surface area (Å²) in [5.41, 5.74) is 1.53. The minimum atomic E-state index is -3.97. The van der Waals surface area contributed by atoms with Gasteiger partial charge in [0.2, 0.25) is 0 Å². The summed E-state index contributed by atoms with van der Waals surface area (Å²) in [7, 11) is -3.97. The molecule has 0 atom stereocenters. The van der Waals surface area contributed by atoms with Gasteiger partial charge in [0.25, 0.3) is 0 Å². The normalized spacial score (nSPS) is 11.9. The van der Waals surface area contributed by atoms with Gasteiger partial charge in [-0.25, -0.2) is 0 Å². The molecule has 0 radical (unpaired) electrons. The van der Waals surface area contributed by atoms with Crippen LogP contribution in [0.1, 0.15) is 25.3 Å². The molecule has 3 aromatic rings. The first-order chi connectivity index (χ1) is 11.8. The predicted molar refractivity (Wildman–Crippen MR) is 105 cm³/mol. The molecule has 3 rings (SSSR count). The highest BCUT2D eigenvalue weighted by Crippen LogP contribution is 2.38. The third kappa shape index (κ3) is 3.73. The van der Waals surface area contributed by atoms with Crippen LogP contribution in [0.2, 0.25) is 0 Å². The van der Waals surface area contributed by atoms with E-state index in [4.69, 9.17) is 4.18 Å². The first kappa shape index (κ1) is 18.4. The van der Waals surface area contributed by atoms with Crippen LogP contribution in [0.15, 0.2) is 62.5 Å². The summed E-state index contributed by atoms with van der Waals surface area (Å²) in [6, 6.07) is 12.1. The first-order valence-corrected chi connectivity index (χ1v) is 10.6. The van der Waals surface area contributed by atoms with Crippen molar-refractivity contribution in [3.63, 3.8) is 0 Å². The molecule has 0 bridgehead atoms. The molecule has 0 amide bonds. The van der Waals surface area contributed by atoms with E-state index in [1.54, 1.807) is 42.6 Å². The maximum atomic E-state index is 12.7. The number of halogens is 2. The lowest BCUT2D eigenvalue weighted by Crippen LogP contribution is -2.11. The first-order valence-electron chi connectivity index (χ1n) is 7.57. The van der Waals surface area contributed by atoms with E-state index >= 15 is 0 Å². The Labute approximate surface area is 163 Å². The highest BCUT2D eigenvalue weighted by molar-refractivity contribution is 9.11. The van der Waals surface area contributed by atoms with Gasteiger partial charge >= 0.3 is 10.1 Å². The molecule has 0 aliphatic heterocycles. The van der Waals surface area contributed by atoms with Crippen molar-refractivity contribution >= 4 is 52.9 Å². The van der Waals surface area contributed by atoms with Crippen LogP contribution in [0.3, 0.4) is 0 Å². The van der Waals surface area contributed by atoms with Crippen molar-refractivity contribution in [2.75, 3.05) is 0 Å². The van der Waals surface area contributed by atoms with Gasteiger partial charge in [-0.15, -0.1) is 0 Å². The van der Waals surface area contributed by atoms with Crippen molar-refractivity contribution in [2.24, 2.45) is 0 Å². The van der Waals surface area contributed by atoms with Crippen LogP contribution in [0.5, 0.6) is 5.75 Å². The molecule has 1 aromatic heterocycles. The van der Waals surface area contributed by atoms with E-state index in [1.165, 1.54) is 0 Å². The van der Waals surface area contributed by atoms with Gasteiger partial charge in [0.05, 0.1) is 4.47 Å². The Morgan fingerprint density at radius 2 is 1.72 bits per heavy atom. The van der Waals surface area contributed by atoms with Crippen molar-refractivity contribution in [3.05, 3.63) is 63.2 Å². The molecular formula is C18H15Br2NO3S. The van der Waals surface area contributed by atoms with Crippen LogP contribution < -0.4 is 4.18 Å². The van der Waals surface area contributed by atoms with E-state index in [0.717, 1.165) is 15.4 Å². The molecule has 0 fully saturated rings. The minimum Gasteiger partial charge on any atom is -0.375 e. The molecule has 4 nitrogen and oxygen atoms in total. The van der Waals surface area contributed by atoms with Gasteiger partial charge in [-0.2, -0.15) is 8.42 Å². The van der Waals surface area contributed by atoms with Crippen molar-refractivity contribution in [1.82, 2.24) is 4.98 Å². The Kier molecular flexibility index (Phi) is 5.18. The van der Waals surface area contributed by atoms with E-state index in [1.807, 2.05) is 6.07 Å². The minimum absolute atomic E-state index is 0.107. The third-order valence-corrected chi connectivity index (χ3v) is 6.26. The Bertz CT molecular complexity index is 1030. The molecule has 0 saturated heterocycles. The molecular weight excluding hydrogens is 470 g/mol. The van der Waals surface area contributed by atoms with E-state index in [9.17, 15) is 8.42 Å². The zero-order valence-corrected chi connectivity index (χ0v) is 17.5. The van der Waals surface area contributed by atoms with Crippen LogP contribution >= 0.6 is 31.9 Å². The molecule has 0 unspecified atom stereocenters. The van der Waals surface area contributed by atoms with Crippen molar-refractivity contribution < 1.29 is 12.6 Å². The highest BCUT2D eigenvalue weighted by atomic mass is 79.9. The number of hydrogen-bond donors (Lipinski definition) is 0. The maximum absolute atomic E-state index is 12.7. The lowest BCUT2D eigenvalue weighted by Gasteiger charge is -2.12. The molecule has 0 aliphatic carbocycles. The summed E-state index contributed by atoms with van der Waals surface area (Å²) in [5, 5.41) is 0.769. The number of aromatic nitrogens is 1. The topological polar surface area (TPSA) is 56.3 Å². The Hall–Kier alpha value is -1.44. The lowest BCUT2D eigenvalue weighted by atomic mass is 10.0. The van der Waals surface area contributed by atoms with Crippen LogP contribution in [0.25, 0.3) is 10.9 Å². The Morgan fingerprint density at radius 3 is 2.36 bits per heavy atom. The average molecular weight is 485 g/mol. The van der Waals surface area contributed by atoms with Crippen LogP contribution in [0.4, 0.5) is 0 Å². The Morgan fingerprint density at radius 1 is 1.04 bits per heavy atom. The standard InChI is InChI=1S/C18H15Br2NO3S/c1-11(2)12-5-7-13(8-6-12)25(22,23)24-18-16(20)10-15(19)14-4-3-9-21-17(14)18/h3-11H,1-2H3. The van der Waals surface area contributed by atoms with E-state index < -0.39 is 10.1 Å². The number of nitrogens with zero attached hydrogens (tertiary/aromatic N) is 1. The molecule has 25 heavy (non-hydrogen) atoms. The predicted octanol–water partition coefficient (Wildman–Crippen LogP) is 5.65. The van der Waals surface area contributed by atoms with Crippen molar-refractivity contribution in [1.29, 1.82) is 0 Å². The summed E-state index contributed by atoms with van der Waals surface area (Å²) >= 11 is 6.82. The zero-order valence-electron chi connectivity index (χ0n) is 13.5. The summed E-state index contributed by atoms with van der Waals surface area (Å²) in [6.45, 7) is 4.10. The average Bonchev–Trinajstić information content (AvgIpc) is 2.59. The molecule has 1 heterocycles. The number of benzene rings is 2. The quantitative estimate of drug-likeness (QED) is 0.449. The summed E-state index contributed by atoms with van der Waals surface area (Å²) in [6.07, 6.45) is 1.60. The summed E-state index contributed by atoms with van der Waals surface area (Å²) in [4.78, 5) is 4.38. The second-order valence-electron chi connectivity index (χ2n) is 5.83. The fraction of sp³-hybridized carbons (Fsp3) is 0.167. The molecule has 0 aliphatic rings. The second-order valence-corrected chi connectivity index (χ2v) is 9.09. The molecule has 2 aromatic carbocycles. The maximum Gasteiger partial charge on any atom is 0.339 e. The number of pyridine rings is 1. The molecule has 0 N–H and O–H groups in total. The third-order valence-electron chi connectivity index (χ3n) is 3.78. The Balaban J connectivity index is 2.06. The van der Waals surface area contributed by atoms with Gasteiger partial charge in [-0.05, 0) is 51.7 Å². The fourth-order valence-electron chi connectivity index (χ4n) is 2.40. The van der Waals surface area contributed by atoms with Gasteiger partial charge in [-0.3, -0.25) is 4.98 Å². The van der Waals surface area contributed by atoms with Crippen LogP contribution in [0, 0.1) is 0 Å². The van der Waals surface area contributed by atoms with Gasteiger partial charge in [0.15, 0.2) is 5.75 Å². The van der Waals surface area contributed by atoms with Gasteiger partial charge in [0.1, 0.15) is 10.4 Å².